The van der Waals surface area contributed by atoms with Crippen LogP contribution in [0.15, 0.2) is 83.0 Å². The lowest BCUT2D eigenvalue weighted by molar-refractivity contribution is -0.394. The zero-order valence-corrected chi connectivity index (χ0v) is 17.8. The number of phenols is 2. The van der Waals surface area contributed by atoms with E-state index in [0.717, 1.165) is 6.07 Å². The molecule has 1 atom stereocenters. The quantitative estimate of drug-likeness (QED) is 0.178. The maximum atomic E-state index is 11.2. The molecule has 0 bridgehead atoms. The first kappa shape index (κ1) is 23.2. The number of hydrogen-bond acceptors (Lipinski definition) is 10. The molecule has 0 spiro atoms. The molecule has 4 aromatic carbocycles. The van der Waals surface area contributed by atoms with E-state index in [4.69, 9.17) is 10.7 Å². The first-order chi connectivity index (χ1) is 16.8. The molecule has 0 fully saturated rings. The molecule has 4 N–H and O–H groups in total. The lowest BCUT2D eigenvalue weighted by Crippen LogP contribution is -2.11. The second-order valence-electron chi connectivity index (χ2n) is 7.36. The predicted octanol–water partition coefficient (Wildman–Crippen LogP) is 5.46. The van der Waals surface area contributed by atoms with E-state index in [1.807, 2.05) is 6.07 Å². The van der Waals surface area contributed by atoms with Gasteiger partial charge in [-0.1, -0.05) is 54.6 Å². The molecule has 4 rings (SSSR count). The van der Waals surface area contributed by atoms with E-state index in [2.05, 4.69) is 10.2 Å². The molecule has 0 aliphatic carbocycles. The minimum atomic E-state index is -0.974. The fourth-order valence-corrected chi connectivity index (χ4v) is 3.61. The Morgan fingerprint density at radius 1 is 0.857 bits per heavy atom. The Bertz CT molecular complexity index is 1470. The molecule has 0 radical (unpaired) electrons. The van der Waals surface area contributed by atoms with Crippen molar-refractivity contribution in [3.63, 3.8) is 0 Å². The van der Waals surface area contributed by atoms with E-state index in [1.165, 1.54) is 0 Å². The first-order valence-corrected chi connectivity index (χ1v) is 10.0. The summed E-state index contributed by atoms with van der Waals surface area (Å²) < 4.78 is 0. The van der Waals surface area contributed by atoms with Gasteiger partial charge in [-0.05, 0) is 17.0 Å². The summed E-state index contributed by atoms with van der Waals surface area (Å²) in [4.78, 5) is 25.7. The van der Waals surface area contributed by atoms with Crippen LogP contribution in [0.1, 0.15) is 17.2 Å². The van der Waals surface area contributed by atoms with Gasteiger partial charge in [0.05, 0.1) is 15.9 Å². The van der Waals surface area contributed by atoms with Gasteiger partial charge in [-0.25, -0.2) is 5.90 Å². The number of nitro benzene ring substituents is 2. The van der Waals surface area contributed by atoms with E-state index < -0.39 is 38.8 Å². The normalized spacial score (nSPS) is 12.1. The van der Waals surface area contributed by atoms with Gasteiger partial charge in [0.1, 0.15) is 23.2 Å². The smallest absolute Gasteiger partial charge is 0.319 e. The molecule has 0 aliphatic rings. The molecule has 176 valence electrons. The van der Waals surface area contributed by atoms with Crippen LogP contribution in [0.25, 0.3) is 10.8 Å². The fourth-order valence-electron chi connectivity index (χ4n) is 3.61. The van der Waals surface area contributed by atoms with Gasteiger partial charge in [-0.3, -0.25) is 25.1 Å². The largest absolute Gasteiger partial charge is 0.505 e. The average Bonchev–Trinajstić information content (AvgIpc) is 2.85. The fraction of sp³-hybridized carbons (Fsp3) is 0.0435. The number of hydrogen-bond donors (Lipinski definition) is 3. The molecule has 0 aromatic heterocycles. The third-order valence-electron chi connectivity index (χ3n) is 5.27. The minimum Gasteiger partial charge on any atom is -0.505 e. The zero-order chi connectivity index (χ0) is 25.1. The Labute approximate surface area is 196 Å². The summed E-state index contributed by atoms with van der Waals surface area (Å²) >= 11 is 0. The third kappa shape index (κ3) is 4.46. The number of nitro groups is 2. The molecule has 0 heterocycles. The monoisotopic (exact) mass is 475 g/mol. The van der Waals surface area contributed by atoms with Crippen LogP contribution in [0.4, 0.5) is 22.7 Å². The molecule has 0 amide bonds. The summed E-state index contributed by atoms with van der Waals surface area (Å²) in [5.74, 6) is 4.30. The Morgan fingerprint density at radius 2 is 1.54 bits per heavy atom. The summed E-state index contributed by atoms with van der Waals surface area (Å²) in [5.41, 5.74) is -1.22. The molecule has 0 aliphatic heterocycles. The van der Waals surface area contributed by atoms with Gasteiger partial charge in [-0.15, -0.1) is 10.2 Å². The number of aromatic hydroxyl groups is 2. The number of phenolic OH excluding ortho intramolecular Hbond substituents is 2. The highest BCUT2D eigenvalue weighted by Gasteiger charge is 2.25. The van der Waals surface area contributed by atoms with Crippen molar-refractivity contribution in [2.45, 2.75) is 6.10 Å². The van der Waals surface area contributed by atoms with Crippen LogP contribution in [0.5, 0.6) is 11.5 Å². The molecule has 35 heavy (non-hydrogen) atoms. The van der Waals surface area contributed by atoms with Crippen LogP contribution in [-0.2, 0) is 4.84 Å². The van der Waals surface area contributed by atoms with Gasteiger partial charge in [-0.2, -0.15) is 0 Å². The van der Waals surface area contributed by atoms with Crippen molar-refractivity contribution in [2.75, 3.05) is 0 Å². The van der Waals surface area contributed by atoms with Crippen molar-refractivity contribution in [2.24, 2.45) is 16.1 Å². The van der Waals surface area contributed by atoms with Crippen LogP contribution in [-0.4, -0.2) is 20.1 Å². The number of rotatable bonds is 7. The van der Waals surface area contributed by atoms with Gasteiger partial charge < -0.3 is 10.2 Å². The van der Waals surface area contributed by atoms with E-state index in [-0.39, 0.29) is 17.0 Å². The topological polar surface area (TPSA) is 187 Å². The summed E-state index contributed by atoms with van der Waals surface area (Å²) in [5, 5.41) is 52.7. The lowest BCUT2D eigenvalue weighted by atomic mass is 9.96. The van der Waals surface area contributed by atoms with Crippen LogP contribution >= 0.6 is 0 Å². The predicted molar refractivity (Wildman–Crippen MR) is 125 cm³/mol. The maximum Gasteiger partial charge on any atom is 0.319 e. The maximum absolute atomic E-state index is 11.2. The van der Waals surface area contributed by atoms with E-state index in [9.17, 15) is 30.4 Å². The van der Waals surface area contributed by atoms with Gasteiger partial charge in [0.15, 0.2) is 0 Å². The number of nitrogens with two attached hydrogens (primary N) is 1. The number of non-ortho nitro benzene ring substituents is 1. The molecular formula is C23H17N5O7. The second kappa shape index (κ2) is 9.51. The number of benzene rings is 4. The van der Waals surface area contributed by atoms with Crippen molar-refractivity contribution in [1.29, 1.82) is 0 Å². The van der Waals surface area contributed by atoms with Crippen LogP contribution in [0.3, 0.4) is 0 Å². The Kier molecular flexibility index (Phi) is 6.31. The number of fused-ring (bicyclic) bond motifs is 1. The van der Waals surface area contributed by atoms with Crippen LogP contribution in [0, 0.1) is 20.2 Å². The summed E-state index contributed by atoms with van der Waals surface area (Å²) in [7, 11) is 0. The summed E-state index contributed by atoms with van der Waals surface area (Å²) in [6, 6.07) is 18.9. The van der Waals surface area contributed by atoms with Crippen molar-refractivity contribution >= 4 is 33.5 Å². The van der Waals surface area contributed by atoms with Crippen molar-refractivity contribution in [3.05, 3.63) is 104 Å². The number of azo groups is 1. The molecule has 0 saturated heterocycles. The molecule has 4 aromatic rings. The summed E-state index contributed by atoms with van der Waals surface area (Å²) in [6.45, 7) is 0. The van der Waals surface area contributed by atoms with Crippen LogP contribution in [0.2, 0.25) is 0 Å². The molecule has 12 heteroatoms. The van der Waals surface area contributed by atoms with Gasteiger partial charge in [0, 0.05) is 17.0 Å². The molecule has 12 nitrogen and oxygen atoms in total. The Hall–Kier alpha value is -4.94. The van der Waals surface area contributed by atoms with Crippen molar-refractivity contribution in [1.82, 2.24) is 0 Å². The Morgan fingerprint density at radius 3 is 2.20 bits per heavy atom. The minimum absolute atomic E-state index is 0.0513. The standard InChI is InChI=1S/C23H17N5O7/c24-35-23(13-6-2-1-3-7-13)17-10-14-8-4-5-9-16(14)20(21(17)29)26-25-18-11-15(27(31)32)12-19(22(18)30)28(33)34/h1-12,23,29-30H,24H2. The first-order valence-electron chi connectivity index (χ1n) is 10.0. The SMILES string of the molecule is NOC(c1ccccc1)c1cc2ccccc2c(N=Nc2cc([N+](=O)[O-])cc([N+](=O)[O-])c2O)c1O. The second-order valence-corrected chi connectivity index (χ2v) is 7.36. The van der Waals surface area contributed by atoms with E-state index in [0.29, 0.717) is 22.4 Å². The van der Waals surface area contributed by atoms with Gasteiger partial charge in [0.2, 0.25) is 5.75 Å². The van der Waals surface area contributed by atoms with E-state index in [1.54, 1.807) is 54.6 Å². The average molecular weight is 475 g/mol. The third-order valence-corrected chi connectivity index (χ3v) is 5.27. The lowest BCUT2D eigenvalue weighted by Gasteiger charge is -2.18. The molecular weight excluding hydrogens is 458 g/mol. The van der Waals surface area contributed by atoms with Crippen molar-refractivity contribution < 1.29 is 24.9 Å². The van der Waals surface area contributed by atoms with Crippen LogP contribution < -0.4 is 5.90 Å². The zero-order valence-electron chi connectivity index (χ0n) is 17.8. The van der Waals surface area contributed by atoms with E-state index >= 15 is 0 Å². The molecule has 0 saturated carbocycles. The summed E-state index contributed by atoms with van der Waals surface area (Å²) in [6.07, 6.45) is -0.873. The number of nitrogens with zero attached hydrogens (tertiary/aromatic N) is 4. The van der Waals surface area contributed by atoms with Gasteiger partial charge >= 0.3 is 5.69 Å². The highest BCUT2D eigenvalue weighted by Crippen LogP contribution is 2.45. The highest BCUT2D eigenvalue weighted by atomic mass is 16.6. The molecule has 1 unspecified atom stereocenters. The Balaban J connectivity index is 1.91. The van der Waals surface area contributed by atoms with Gasteiger partial charge in [0.25, 0.3) is 5.69 Å². The van der Waals surface area contributed by atoms with Crippen molar-refractivity contribution in [3.8, 4) is 11.5 Å². The highest BCUT2D eigenvalue weighted by molar-refractivity contribution is 5.96.